The number of hydrogen-bond donors (Lipinski definition) is 1. The highest BCUT2D eigenvalue weighted by molar-refractivity contribution is 5.81. The second-order valence-electron chi connectivity index (χ2n) is 10.1. The molecular weight excluding hydrogens is 410 g/mol. The lowest BCUT2D eigenvalue weighted by Crippen LogP contribution is -2.35. The molecule has 0 atom stereocenters. The molecule has 3 rings (SSSR count). The summed E-state index contributed by atoms with van der Waals surface area (Å²) in [5, 5.41) is 3.04. The molecule has 0 aliphatic carbocycles. The number of amides is 1. The predicted octanol–water partition coefficient (Wildman–Crippen LogP) is 6.11. The van der Waals surface area contributed by atoms with Gasteiger partial charge in [0.2, 0.25) is 5.91 Å². The summed E-state index contributed by atoms with van der Waals surface area (Å²) in [5.41, 5.74) is 3.19. The summed E-state index contributed by atoms with van der Waals surface area (Å²) in [6.45, 7) is 12.5. The zero-order valence-electron chi connectivity index (χ0n) is 20.9. The van der Waals surface area contributed by atoms with E-state index in [1.165, 1.54) is 11.1 Å². The Morgan fingerprint density at radius 1 is 1.03 bits per heavy atom. The second-order valence-corrected chi connectivity index (χ2v) is 10.1. The lowest BCUT2D eigenvalue weighted by atomic mass is 9.96. The number of rotatable bonds is 11. The lowest BCUT2D eigenvalue weighted by molar-refractivity contribution is -0.128. The van der Waals surface area contributed by atoms with Crippen molar-refractivity contribution in [3.8, 4) is 5.75 Å². The Bertz CT molecular complexity index is 1030. The molecule has 178 valence electrons. The monoisotopic (exact) mass is 449 g/mol. The minimum atomic E-state index is -0.355. The Morgan fingerprint density at radius 3 is 2.45 bits per heavy atom. The molecule has 0 fully saturated rings. The van der Waals surface area contributed by atoms with Crippen molar-refractivity contribution in [2.75, 3.05) is 13.2 Å². The van der Waals surface area contributed by atoms with Crippen molar-refractivity contribution in [1.82, 2.24) is 14.9 Å². The molecule has 1 N–H and O–H groups in total. The number of nitrogens with one attached hydrogen (secondary N) is 1. The molecule has 2 aromatic carbocycles. The van der Waals surface area contributed by atoms with E-state index in [2.05, 4.69) is 66.2 Å². The van der Waals surface area contributed by atoms with Gasteiger partial charge < -0.3 is 14.6 Å². The SMILES string of the molecule is CC(C)c1ccc(OCCCCn2c(CCCNC(=O)C(C)(C)C)nc3ccccc32)cc1. The van der Waals surface area contributed by atoms with E-state index in [-0.39, 0.29) is 11.3 Å². The Balaban J connectivity index is 1.51. The van der Waals surface area contributed by atoms with E-state index in [1.54, 1.807) is 0 Å². The molecule has 0 unspecified atom stereocenters. The van der Waals surface area contributed by atoms with Gasteiger partial charge in [-0.2, -0.15) is 0 Å². The van der Waals surface area contributed by atoms with E-state index in [1.807, 2.05) is 26.8 Å². The van der Waals surface area contributed by atoms with Gasteiger partial charge >= 0.3 is 0 Å². The number of ether oxygens (including phenoxy) is 1. The van der Waals surface area contributed by atoms with E-state index in [0.29, 0.717) is 19.1 Å². The third-order valence-electron chi connectivity index (χ3n) is 5.87. The smallest absolute Gasteiger partial charge is 0.225 e. The average molecular weight is 450 g/mol. The van der Waals surface area contributed by atoms with Crippen LogP contribution in [0, 0.1) is 5.41 Å². The molecule has 5 nitrogen and oxygen atoms in total. The van der Waals surface area contributed by atoms with E-state index < -0.39 is 0 Å². The van der Waals surface area contributed by atoms with Crippen LogP contribution in [0.15, 0.2) is 48.5 Å². The largest absolute Gasteiger partial charge is 0.494 e. The van der Waals surface area contributed by atoms with Crippen LogP contribution >= 0.6 is 0 Å². The summed E-state index contributed by atoms with van der Waals surface area (Å²) in [5.74, 6) is 2.65. The van der Waals surface area contributed by atoms with Gasteiger partial charge in [0.05, 0.1) is 17.6 Å². The van der Waals surface area contributed by atoms with Gasteiger partial charge in [0.25, 0.3) is 0 Å². The van der Waals surface area contributed by atoms with Crippen molar-refractivity contribution in [2.45, 2.75) is 72.8 Å². The lowest BCUT2D eigenvalue weighted by Gasteiger charge is -2.17. The standard InChI is InChI=1S/C28H39N3O2/c1-21(2)22-14-16-23(17-15-22)33-20-9-8-19-31-25-12-7-6-11-24(25)30-26(31)13-10-18-29-27(32)28(3,4)5/h6-7,11-12,14-17,21H,8-10,13,18-20H2,1-5H3,(H,29,32). The molecule has 5 heteroatoms. The van der Waals surface area contributed by atoms with Crippen LogP contribution in [-0.4, -0.2) is 28.6 Å². The molecule has 0 saturated heterocycles. The Labute approximate surface area is 198 Å². The fourth-order valence-corrected chi connectivity index (χ4v) is 3.79. The van der Waals surface area contributed by atoms with Crippen LogP contribution in [0.1, 0.15) is 71.2 Å². The summed E-state index contributed by atoms with van der Waals surface area (Å²) in [6.07, 6.45) is 3.73. The number of carbonyl (C=O) groups is 1. The van der Waals surface area contributed by atoms with E-state index in [4.69, 9.17) is 9.72 Å². The molecule has 1 heterocycles. The normalized spacial score (nSPS) is 11.8. The van der Waals surface area contributed by atoms with Crippen molar-refractivity contribution in [3.05, 3.63) is 59.9 Å². The molecule has 0 aliphatic heterocycles. The molecule has 0 radical (unpaired) electrons. The van der Waals surface area contributed by atoms with Gasteiger partial charge in [0, 0.05) is 24.9 Å². The van der Waals surface area contributed by atoms with Crippen LogP contribution in [-0.2, 0) is 17.8 Å². The van der Waals surface area contributed by atoms with Gasteiger partial charge in [-0.1, -0.05) is 58.9 Å². The average Bonchev–Trinajstić information content (AvgIpc) is 3.13. The van der Waals surface area contributed by atoms with Crippen LogP contribution < -0.4 is 10.1 Å². The second kappa shape index (κ2) is 11.4. The third kappa shape index (κ3) is 7.08. The zero-order valence-corrected chi connectivity index (χ0v) is 20.9. The van der Waals surface area contributed by atoms with Crippen molar-refractivity contribution < 1.29 is 9.53 Å². The molecule has 0 spiro atoms. The number of fused-ring (bicyclic) bond motifs is 1. The van der Waals surface area contributed by atoms with Crippen LogP contribution in [0.4, 0.5) is 0 Å². The Hall–Kier alpha value is -2.82. The minimum Gasteiger partial charge on any atom is -0.494 e. The summed E-state index contributed by atoms with van der Waals surface area (Å²) in [7, 11) is 0. The highest BCUT2D eigenvalue weighted by Gasteiger charge is 2.20. The number of aromatic nitrogens is 2. The number of carbonyl (C=O) groups excluding carboxylic acids is 1. The summed E-state index contributed by atoms with van der Waals surface area (Å²) < 4.78 is 8.27. The molecule has 0 bridgehead atoms. The summed E-state index contributed by atoms with van der Waals surface area (Å²) in [4.78, 5) is 17.0. The van der Waals surface area contributed by atoms with Crippen molar-refractivity contribution >= 4 is 16.9 Å². The van der Waals surface area contributed by atoms with Crippen LogP contribution in [0.5, 0.6) is 5.75 Å². The maximum Gasteiger partial charge on any atom is 0.225 e. The van der Waals surface area contributed by atoms with Crippen LogP contribution in [0.2, 0.25) is 0 Å². The number of para-hydroxylation sites is 2. The minimum absolute atomic E-state index is 0.0925. The highest BCUT2D eigenvalue weighted by Crippen LogP contribution is 2.20. The van der Waals surface area contributed by atoms with Gasteiger partial charge in [-0.15, -0.1) is 0 Å². The zero-order chi connectivity index (χ0) is 23.8. The molecular formula is C28H39N3O2. The predicted molar refractivity (Wildman–Crippen MR) is 136 cm³/mol. The molecule has 0 aliphatic rings. The number of hydrogen-bond acceptors (Lipinski definition) is 3. The molecule has 33 heavy (non-hydrogen) atoms. The topological polar surface area (TPSA) is 56.1 Å². The van der Waals surface area contributed by atoms with E-state index in [0.717, 1.165) is 49.3 Å². The highest BCUT2D eigenvalue weighted by atomic mass is 16.5. The number of benzene rings is 2. The number of aryl methyl sites for hydroxylation is 2. The van der Waals surface area contributed by atoms with Gasteiger partial charge in [0.1, 0.15) is 11.6 Å². The molecule has 0 saturated carbocycles. The van der Waals surface area contributed by atoms with E-state index >= 15 is 0 Å². The van der Waals surface area contributed by atoms with Gasteiger partial charge in [0.15, 0.2) is 0 Å². The molecule has 1 amide bonds. The van der Waals surface area contributed by atoms with E-state index in [9.17, 15) is 4.79 Å². The van der Waals surface area contributed by atoms with Crippen molar-refractivity contribution in [1.29, 1.82) is 0 Å². The Morgan fingerprint density at radius 2 is 1.76 bits per heavy atom. The van der Waals surface area contributed by atoms with Gasteiger partial charge in [-0.3, -0.25) is 4.79 Å². The quantitative estimate of drug-likeness (QED) is 0.359. The number of nitrogens with zero attached hydrogens (tertiary/aromatic N) is 2. The summed E-state index contributed by atoms with van der Waals surface area (Å²) in [6, 6.07) is 16.7. The Kier molecular flexibility index (Phi) is 8.54. The van der Waals surface area contributed by atoms with Gasteiger partial charge in [-0.25, -0.2) is 4.98 Å². The van der Waals surface area contributed by atoms with Crippen LogP contribution in [0.25, 0.3) is 11.0 Å². The summed E-state index contributed by atoms with van der Waals surface area (Å²) >= 11 is 0. The fraction of sp³-hybridized carbons (Fsp3) is 0.500. The van der Waals surface area contributed by atoms with Crippen molar-refractivity contribution in [2.24, 2.45) is 5.41 Å². The van der Waals surface area contributed by atoms with Crippen LogP contribution in [0.3, 0.4) is 0 Å². The first-order valence-corrected chi connectivity index (χ1v) is 12.2. The maximum atomic E-state index is 12.1. The third-order valence-corrected chi connectivity index (χ3v) is 5.87. The first kappa shape index (κ1) is 24.8. The fourth-order valence-electron chi connectivity index (χ4n) is 3.79. The number of unbranched alkanes of at least 4 members (excludes halogenated alkanes) is 1. The molecule has 1 aromatic heterocycles. The first-order chi connectivity index (χ1) is 15.8. The molecule has 3 aromatic rings. The van der Waals surface area contributed by atoms with Gasteiger partial charge in [-0.05, 0) is 55.0 Å². The maximum absolute atomic E-state index is 12.1. The first-order valence-electron chi connectivity index (χ1n) is 12.2. The number of imidazole rings is 1. The van der Waals surface area contributed by atoms with Crippen molar-refractivity contribution in [3.63, 3.8) is 0 Å².